The van der Waals surface area contributed by atoms with E-state index in [0.29, 0.717) is 12.5 Å². The van der Waals surface area contributed by atoms with Crippen LogP contribution in [0.15, 0.2) is 17.4 Å². The SMILES string of the molecule is CCNC(=NCCCCn1ccnc1C)N1CCC(CN(CC)C(=O)OC(C)(C)C)CC1. The van der Waals surface area contributed by atoms with E-state index in [0.717, 1.165) is 76.7 Å². The number of piperidine rings is 1. The van der Waals surface area contributed by atoms with Crippen LogP contribution in [-0.2, 0) is 11.3 Å². The summed E-state index contributed by atoms with van der Waals surface area (Å²) in [6, 6.07) is 0. The lowest BCUT2D eigenvalue weighted by Crippen LogP contribution is -2.48. The lowest BCUT2D eigenvalue weighted by atomic mass is 9.96. The Morgan fingerprint density at radius 3 is 2.56 bits per heavy atom. The predicted octanol–water partition coefficient (Wildman–Crippen LogP) is 3.91. The first-order valence-electron chi connectivity index (χ1n) is 12.2. The van der Waals surface area contributed by atoms with Gasteiger partial charge in [-0.1, -0.05) is 0 Å². The first-order chi connectivity index (χ1) is 15.2. The molecular formula is C24H44N6O2. The van der Waals surface area contributed by atoms with Crippen molar-refractivity contribution < 1.29 is 9.53 Å². The summed E-state index contributed by atoms with van der Waals surface area (Å²) in [6.07, 6.45) is 7.96. The lowest BCUT2D eigenvalue weighted by molar-refractivity contribution is 0.0214. The number of hydrogen-bond donors (Lipinski definition) is 1. The number of nitrogens with one attached hydrogen (secondary N) is 1. The zero-order chi connectivity index (χ0) is 23.6. The Balaban J connectivity index is 1.78. The second kappa shape index (κ2) is 12.7. The number of rotatable bonds is 9. The van der Waals surface area contributed by atoms with Gasteiger partial charge in [0.25, 0.3) is 0 Å². The lowest BCUT2D eigenvalue weighted by Gasteiger charge is -2.36. The van der Waals surface area contributed by atoms with Gasteiger partial charge < -0.3 is 24.4 Å². The monoisotopic (exact) mass is 448 g/mol. The number of unbranched alkanes of at least 4 members (excludes halogenated alkanes) is 1. The minimum atomic E-state index is -0.456. The first-order valence-corrected chi connectivity index (χ1v) is 12.2. The summed E-state index contributed by atoms with van der Waals surface area (Å²) in [7, 11) is 0. The fourth-order valence-electron chi connectivity index (χ4n) is 3.94. The number of nitrogens with zero attached hydrogens (tertiary/aromatic N) is 5. The highest BCUT2D eigenvalue weighted by atomic mass is 16.6. The molecule has 1 N–H and O–H groups in total. The molecule has 1 fully saturated rings. The molecule has 1 aromatic rings. The van der Waals surface area contributed by atoms with Crippen molar-refractivity contribution in [3.05, 3.63) is 18.2 Å². The van der Waals surface area contributed by atoms with E-state index in [9.17, 15) is 4.79 Å². The Morgan fingerprint density at radius 1 is 1.28 bits per heavy atom. The van der Waals surface area contributed by atoms with E-state index in [4.69, 9.17) is 9.73 Å². The third kappa shape index (κ3) is 8.71. The molecule has 8 heteroatoms. The van der Waals surface area contributed by atoms with Crippen molar-refractivity contribution >= 4 is 12.1 Å². The van der Waals surface area contributed by atoms with Gasteiger partial charge >= 0.3 is 6.09 Å². The standard InChI is InChI=1S/C24H44N6O2/c1-7-25-22(27-13-9-10-15-29-18-14-26-20(29)3)30-16-11-21(12-17-30)19-28(8-2)23(31)32-24(4,5)6/h14,18,21H,7-13,15-17,19H2,1-6H3,(H,25,27). The molecule has 8 nitrogen and oxygen atoms in total. The van der Waals surface area contributed by atoms with Gasteiger partial charge in [-0.25, -0.2) is 9.78 Å². The maximum atomic E-state index is 12.4. The molecule has 1 aliphatic heterocycles. The van der Waals surface area contributed by atoms with Crippen LogP contribution < -0.4 is 5.32 Å². The number of carbonyl (C=O) groups excluding carboxylic acids is 1. The van der Waals surface area contributed by atoms with Crippen molar-refractivity contribution in [2.24, 2.45) is 10.9 Å². The molecule has 0 unspecified atom stereocenters. The molecule has 0 spiro atoms. The van der Waals surface area contributed by atoms with E-state index in [1.165, 1.54) is 0 Å². The van der Waals surface area contributed by atoms with Crippen LogP contribution in [0.25, 0.3) is 0 Å². The van der Waals surface area contributed by atoms with E-state index in [1.54, 1.807) is 0 Å². The molecule has 1 aliphatic rings. The van der Waals surface area contributed by atoms with Gasteiger partial charge in [0.15, 0.2) is 5.96 Å². The van der Waals surface area contributed by atoms with Gasteiger partial charge in [-0.05, 0) is 73.1 Å². The Kier molecular flexibility index (Phi) is 10.3. The van der Waals surface area contributed by atoms with Crippen molar-refractivity contribution in [3.63, 3.8) is 0 Å². The molecule has 1 saturated heterocycles. The largest absolute Gasteiger partial charge is 0.444 e. The average molecular weight is 449 g/mol. The fourth-order valence-corrected chi connectivity index (χ4v) is 3.94. The summed E-state index contributed by atoms with van der Waals surface area (Å²) in [4.78, 5) is 25.8. The first kappa shape index (κ1) is 26.0. The van der Waals surface area contributed by atoms with E-state index >= 15 is 0 Å². The van der Waals surface area contributed by atoms with Crippen molar-refractivity contribution in [2.75, 3.05) is 39.3 Å². The highest BCUT2D eigenvalue weighted by Gasteiger charge is 2.27. The van der Waals surface area contributed by atoms with E-state index in [1.807, 2.05) is 51.9 Å². The molecule has 32 heavy (non-hydrogen) atoms. The number of amides is 1. The van der Waals surface area contributed by atoms with Gasteiger partial charge in [-0.2, -0.15) is 0 Å². The Bertz CT molecular complexity index is 716. The fraction of sp³-hybridized carbons (Fsp3) is 0.792. The molecule has 0 aliphatic carbocycles. The van der Waals surface area contributed by atoms with Crippen LogP contribution in [0.4, 0.5) is 4.79 Å². The van der Waals surface area contributed by atoms with Crippen molar-refractivity contribution in [2.45, 2.75) is 79.4 Å². The zero-order valence-corrected chi connectivity index (χ0v) is 21.1. The summed E-state index contributed by atoms with van der Waals surface area (Å²) in [5, 5.41) is 3.45. The number of guanidine groups is 1. The third-order valence-electron chi connectivity index (χ3n) is 5.75. The van der Waals surface area contributed by atoms with Crippen molar-refractivity contribution in [3.8, 4) is 0 Å². The highest BCUT2D eigenvalue weighted by molar-refractivity contribution is 5.80. The normalized spacial score (nSPS) is 15.7. The minimum absolute atomic E-state index is 0.205. The predicted molar refractivity (Wildman–Crippen MR) is 130 cm³/mol. The molecule has 1 amide bonds. The quantitative estimate of drug-likeness (QED) is 0.352. The summed E-state index contributed by atoms with van der Waals surface area (Å²) >= 11 is 0. The summed E-state index contributed by atoms with van der Waals surface area (Å²) in [5.41, 5.74) is -0.456. The maximum absolute atomic E-state index is 12.4. The molecular weight excluding hydrogens is 404 g/mol. The van der Waals surface area contributed by atoms with E-state index in [-0.39, 0.29) is 6.09 Å². The number of aromatic nitrogens is 2. The van der Waals surface area contributed by atoms with Gasteiger partial charge in [-0.15, -0.1) is 0 Å². The van der Waals surface area contributed by atoms with Crippen molar-refractivity contribution in [1.29, 1.82) is 0 Å². The number of aliphatic imine (C=N–C) groups is 1. The molecule has 2 heterocycles. The average Bonchev–Trinajstić information content (AvgIpc) is 3.15. The smallest absolute Gasteiger partial charge is 0.410 e. The highest BCUT2D eigenvalue weighted by Crippen LogP contribution is 2.20. The van der Waals surface area contributed by atoms with Crippen LogP contribution >= 0.6 is 0 Å². The molecule has 0 aromatic carbocycles. The Morgan fingerprint density at radius 2 is 2.00 bits per heavy atom. The van der Waals surface area contributed by atoms with E-state index < -0.39 is 5.60 Å². The Hall–Kier alpha value is -2.25. The van der Waals surface area contributed by atoms with Crippen molar-refractivity contribution in [1.82, 2.24) is 24.7 Å². The maximum Gasteiger partial charge on any atom is 0.410 e. The van der Waals surface area contributed by atoms with E-state index in [2.05, 4.69) is 26.7 Å². The molecule has 2 rings (SSSR count). The van der Waals surface area contributed by atoms with Gasteiger partial charge in [0, 0.05) is 58.2 Å². The molecule has 1 aromatic heterocycles. The topological polar surface area (TPSA) is 75.0 Å². The number of likely N-dealkylation sites (tertiary alicyclic amines) is 1. The second-order valence-electron chi connectivity index (χ2n) is 9.56. The summed E-state index contributed by atoms with van der Waals surface area (Å²) in [5.74, 6) is 2.59. The summed E-state index contributed by atoms with van der Waals surface area (Å²) in [6.45, 7) is 18.0. The molecule has 0 atom stereocenters. The summed E-state index contributed by atoms with van der Waals surface area (Å²) < 4.78 is 7.75. The van der Waals surface area contributed by atoms with Crippen LogP contribution in [0.1, 0.15) is 66.1 Å². The third-order valence-corrected chi connectivity index (χ3v) is 5.75. The number of imidazole rings is 1. The zero-order valence-electron chi connectivity index (χ0n) is 21.1. The van der Waals surface area contributed by atoms with Crippen LogP contribution in [-0.4, -0.2) is 76.3 Å². The van der Waals surface area contributed by atoms with Crippen LogP contribution in [0.5, 0.6) is 0 Å². The molecule has 0 saturated carbocycles. The van der Waals surface area contributed by atoms with Crippen LogP contribution in [0, 0.1) is 12.8 Å². The minimum Gasteiger partial charge on any atom is -0.444 e. The number of aryl methyl sites for hydroxylation is 2. The molecule has 0 bridgehead atoms. The number of carbonyl (C=O) groups is 1. The van der Waals surface area contributed by atoms with Gasteiger partial charge in [0.2, 0.25) is 0 Å². The molecule has 182 valence electrons. The van der Waals surface area contributed by atoms with Gasteiger partial charge in [0.1, 0.15) is 11.4 Å². The second-order valence-corrected chi connectivity index (χ2v) is 9.56. The molecule has 0 radical (unpaired) electrons. The van der Waals surface area contributed by atoms with Gasteiger partial charge in [-0.3, -0.25) is 4.99 Å². The van der Waals surface area contributed by atoms with Gasteiger partial charge in [0.05, 0.1) is 0 Å². The number of hydrogen-bond acceptors (Lipinski definition) is 4. The van der Waals surface area contributed by atoms with Crippen LogP contribution in [0.3, 0.4) is 0 Å². The van der Waals surface area contributed by atoms with Crippen LogP contribution in [0.2, 0.25) is 0 Å². The Labute approximate surface area is 194 Å². The number of ether oxygens (including phenoxy) is 1.